The second kappa shape index (κ2) is 7.92. The summed E-state index contributed by atoms with van der Waals surface area (Å²) in [5.41, 5.74) is 1.35. The highest BCUT2D eigenvalue weighted by atomic mass is 35.5. The first-order valence-corrected chi connectivity index (χ1v) is 9.24. The van der Waals surface area contributed by atoms with E-state index < -0.39 is 5.54 Å². The maximum atomic E-state index is 12.8. The lowest BCUT2D eigenvalue weighted by atomic mass is 9.97. The van der Waals surface area contributed by atoms with Gasteiger partial charge in [-0.05, 0) is 43.0 Å². The van der Waals surface area contributed by atoms with Gasteiger partial charge in [-0.2, -0.15) is 0 Å². The molecule has 1 aliphatic heterocycles. The number of amides is 2. The molecule has 1 saturated heterocycles. The van der Waals surface area contributed by atoms with E-state index in [2.05, 4.69) is 5.32 Å². The average Bonchev–Trinajstić information content (AvgIpc) is 2.95. The maximum absolute atomic E-state index is 12.8. The molecule has 1 heterocycles. The molecule has 0 unspecified atom stereocenters. The Labute approximate surface area is 159 Å². The highest BCUT2D eigenvalue weighted by molar-refractivity contribution is 6.30. The predicted molar refractivity (Wildman–Crippen MR) is 103 cm³/mol. The van der Waals surface area contributed by atoms with Gasteiger partial charge in [0.15, 0.2) is 0 Å². The molecule has 2 aromatic rings. The monoisotopic (exact) mass is 370 g/mol. The molecule has 0 saturated carbocycles. The van der Waals surface area contributed by atoms with Crippen LogP contribution >= 0.6 is 11.6 Å². The average molecular weight is 371 g/mol. The van der Waals surface area contributed by atoms with E-state index in [1.54, 1.807) is 4.90 Å². The van der Waals surface area contributed by atoms with Crippen LogP contribution in [0.4, 0.5) is 0 Å². The van der Waals surface area contributed by atoms with E-state index in [0.29, 0.717) is 37.4 Å². The van der Waals surface area contributed by atoms with Crippen molar-refractivity contribution in [3.05, 3.63) is 70.7 Å². The summed E-state index contributed by atoms with van der Waals surface area (Å²) in [5.74, 6) is -0.0559. The largest absolute Gasteiger partial charge is 0.350 e. The van der Waals surface area contributed by atoms with E-state index in [1.807, 2.05) is 61.5 Å². The summed E-state index contributed by atoms with van der Waals surface area (Å²) in [5, 5.41) is 3.68. The van der Waals surface area contributed by atoms with Crippen molar-refractivity contribution in [2.75, 3.05) is 6.54 Å². The van der Waals surface area contributed by atoms with E-state index in [9.17, 15) is 9.59 Å². The van der Waals surface area contributed by atoms with Gasteiger partial charge >= 0.3 is 0 Å². The van der Waals surface area contributed by atoms with Gasteiger partial charge in [-0.1, -0.05) is 54.1 Å². The molecule has 5 heteroatoms. The van der Waals surface area contributed by atoms with E-state index in [0.717, 1.165) is 11.1 Å². The van der Waals surface area contributed by atoms with E-state index in [4.69, 9.17) is 11.6 Å². The van der Waals surface area contributed by atoms with Crippen LogP contribution in [0.1, 0.15) is 30.9 Å². The minimum atomic E-state index is -0.793. The number of nitrogens with zero attached hydrogens (tertiary/aromatic N) is 1. The van der Waals surface area contributed by atoms with E-state index in [1.165, 1.54) is 0 Å². The first-order valence-electron chi connectivity index (χ1n) is 8.86. The first kappa shape index (κ1) is 18.5. The summed E-state index contributed by atoms with van der Waals surface area (Å²) in [6.45, 7) is 2.85. The number of carbonyl (C=O) groups excluding carboxylic acids is 2. The van der Waals surface area contributed by atoms with Crippen LogP contribution in [0.2, 0.25) is 5.02 Å². The summed E-state index contributed by atoms with van der Waals surface area (Å²) >= 11 is 5.92. The SMILES string of the molecule is C[C@]1(C(=O)NCc2ccccc2)CCC(=O)N1CCc1ccc(Cl)cc1. The fourth-order valence-electron chi connectivity index (χ4n) is 3.36. The number of hydrogen-bond donors (Lipinski definition) is 1. The lowest BCUT2D eigenvalue weighted by molar-refractivity contribution is -0.140. The van der Waals surface area contributed by atoms with Crippen LogP contribution in [0.3, 0.4) is 0 Å². The zero-order valence-corrected chi connectivity index (χ0v) is 15.6. The molecule has 2 amide bonds. The number of hydrogen-bond acceptors (Lipinski definition) is 2. The summed E-state index contributed by atoms with van der Waals surface area (Å²) in [7, 11) is 0. The van der Waals surface area contributed by atoms with E-state index >= 15 is 0 Å². The minimum absolute atomic E-state index is 0.0383. The van der Waals surface area contributed by atoms with Gasteiger partial charge in [-0.3, -0.25) is 9.59 Å². The molecular formula is C21H23ClN2O2. The zero-order chi connectivity index (χ0) is 18.6. The van der Waals surface area contributed by atoms with Gasteiger partial charge in [0.2, 0.25) is 11.8 Å². The van der Waals surface area contributed by atoms with Crippen molar-refractivity contribution in [3.63, 3.8) is 0 Å². The minimum Gasteiger partial charge on any atom is -0.350 e. The van der Waals surface area contributed by atoms with Crippen molar-refractivity contribution >= 4 is 23.4 Å². The first-order chi connectivity index (χ1) is 12.5. The molecule has 0 bridgehead atoms. The molecule has 1 aliphatic rings. The van der Waals surface area contributed by atoms with Crippen LogP contribution in [0.15, 0.2) is 54.6 Å². The Hall–Kier alpha value is -2.33. The second-order valence-electron chi connectivity index (χ2n) is 6.86. The summed E-state index contributed by atoms with van der Waals surface area (Å²) in [6, 6.07) is 17.4. The topological polar surface area (TPSA) is 49.4 Å². The number of likely N-dealkylation sites (tertiary alicyclic amines) is 1. The number of carbonyl (C=O) groups is 2. The van der Waals surface area contributed by atoms with Crippen molar-refractivity contribution in [2.24, 2.45) is 0 Å². The van der Waals surface area contributed by atoms with Crippen molar-refractivity contribution < 1.29 is 9.59 Å². The number of halogens is 1. The lowest BCUT2D eigenvalue weighted by Gasteiger charge is -2.34. The summed E-state index contributed by atoms with van der Waals surface area (Å²) in [6.07, 6.45) is 1.66. The molecule has 1 N–H and O–H groups in total. The number of rotatable bonds is 6. The van der Waals surface area contributed by atoms with Gasteiger partial charge in [-0.15, -0.1) is 0 Å². The highest BCUT2D eigenvalue weighted by Gasteiger charge is 2.46. The number of nitrogens with one attached hydrogen (secondary N) is 1. The summed E-state index contributed by atoms with van der Waals surface area (Å²) < 4.78 is 0. The van der Waals surface area contributed by atoms with Gasteiger partial charge in [0.25, 0.3) is 0 Å². The Morgan fingerprint density at radius 3 is 2.50 bits per heavy atom. The van der Waals surface area contributed by atoms with Crippen LogP contribution in [0, 0.1) is 0 Å². The van der Waals surface area contributed by atoms with Crippen molar-refractivity contribution in [1.29, 1.82) is 0 Å². The highest BCUT2D eigenvalue weighted by Crippen LogP contribution is 2.30. The Kier molecular flexibility index (Phi) is 5.62. The molecule has 1 fully saturated rings. The molecule has 26 heavy (non-hydrogen) atoms. The van der Waals surface area contributed by atoms with E-state index in [-0.39, 0.29) is 11.8 Å². The second-order valence-corrected chi connectivity index (χ2v) is 7.30. The molecule has 0 aliphatic carbocycles. The van der Waals surface area contributed by atoms with Gasteiger partial charge in [0.1, 0.15) is 5.54 Å². The van der Waals surface area contributed by atoms with Gasteiger partial charge in [-0.25, -0.2) is 0 Å². The van der Waals surface area contributed by atoms with Gasteiger partial charge < -0.3 is 10.2 Å². The van der Waals surface area contributed by atoms with Crippen molar-refractivity contribution in [2.45, 2.75) is 38.3 Å². The Balaban J connectivity index is 1.64. The number of benzene rings is 2. The van der Waals surface area contributed by atoms with Crippen LogP contribution in [0.5, 0.6) is 0 Å². The Morgan fingerprint density at radius 1 is 1.12 bits per heavy atom. The Morgan fingerprint density at radius 2 is 1.81 bits per heavy atom. The molecule has 0 radical (unpaired) electrons. The molecular weight excluding hydrogens is 348 g/mol. The van der Waals surface area contributed by atoms with Crippen LogP contribution in [-0.4, -0.2) is 28.8 Å². The molecule has 0 aromatic heterocycles. The third-order valence-electron chi connectivity index (χ3n) is 5.04. The van der Waals surface area contributed by atoms with Crippen LogP contribution in [-0.2, 0) is 22.6 Å². The van der Waals surface area contributed by atoms with Crippen LogP contribution in [0.25, 0.3) is 0 Å². The quantitative estimate of drug-likeness (QED) is 0.844. The van der Waals surface area contributed by atoms with Crippen molar-refractivity contribution in [3.8, 4) is 0 Å². The summed E-state index contributed by atoms with van der Waals surface area (Å²) in [4.78, 5) is 26.9. The maximum Gasteiger partial charge on any atom is 0.245 e. The zero-order valence-electron chi connectivity index (χ0n) is 14.9. The molecule has 2 aromatic carbocycles. The third kappa shape index (κ3) is 4.07. The predicted octanol–water partition coefficient (Wildman–Crippen LogP) is 3.58. The molecule has 0 spiro atoms. The van der Waals surface area contributed by atoms with Crippen LogP contribution < -0.4 is 5.32 Å². The van der Waals surface area contributed by atoms with Gasteiger partial charge in [0.05, 0.1) is 0 Å². The fourth-order valence-corrected chi connectivity index (χ4v) is 3.49. The van der Waals surface area contributed by atoms with Gasteiger partial charge in [0, 0.05) is 24.5 Å². The molecule has 136 valence electrons. The fraction of sp³-hybridized carbons (Fsp3) is 0.333. The lowest BCUT2D eigenvalue weighted by Crippen LogP contribution is -2.54. The molecule has 4 nitrogen and oxygen atoms in total. The normalized spacial score (nSPS) is 19.6. The molecule has 3 rings (SSSR count). The Bertz CT molecular complexity index is 776. The smallest absolute Gasteiger partial charge is 0.245 e. The third-order valence-corrected chi connectivity index (χ3v) is 5.30. The van der Waals surface area contributed by atoms with Crippen molar-refractivity contribution in [1.82, 2.24) is 10.2 Å². The standard InChI is InChI=1S/C21H23ClN2O2/c1-21(20(26)23-15-17-5-3-2-4-6-17)13-11-19(25)24(21)14-12-16-7-9-18(22)10-8-16/h2-10H,11-15H2,1H3,(H,23,26)/t21-/m1/s1. The molecule has 1 atom stereocenters.